The summed E-state index contributed by atoms with van der Waals surface area (Å²) in [6.45, 7) is 8.87. The summed E-state index contributed by atoms with van der Waals surface area (Å²) >= 11 is 0. The summed E-state index contributed by atoms with van der Waals surface area (Å²) in [6, 6.07) is 0. The molecule has 1 saturated carbocycles. The molecule has 2 heteroatoms. The fourth-order valence-electron chi connectivity index (χ4n) is 3.15. The molecule has 0 amide bonds. The van der Waals surface area contributed by atoms with E-state index in [0.717, 1.165) is 11.8 Å². The zero-order chi connectivity index (χ0) is 11.2. The smallest absolute Gasteiger partial charge is 0.000968 e. The van der Waals surface area contributed by atoms with Gasteiger partial charge in [0.25, 0.3) is 0 Å². The summed E-state index contributed by atoms with van der Waals surface area (Å²) in [6.07, 6.45) is 8.58. The minimum absolute atomic E-state index is 0.993. The Morgan fingerprint density at radius 2 is 1.62 bits per heavy atom. The average molecular weight is 224 g/mol. The van der Waals surface area contributed by atoms with Gasteiger partial charge in [0.2, 0.25) is 0 Å². The highest BCUT2D eigenvalue weighted by Gasteiger charge is 2.20. The van der Waals surface area contributed by atoms with Crippen LogP contribution in [-0.2, 0) is 0 Å². The molecule has 16 heavy (non-hydrogen) atoms. The van der Waals surface area contributed by atoms with E-state index in [1.54, 1.807) is 0 Å². The van der Waals surface area contributed by atoms with Crippen LogP contribution in [0.5, 0.6) is 0 Å². The monoisotopic (exact) mass is 224 g/mol. The van der Waals surface area contributed by atoms with Crippen molar-refractivity contribution in [3.8, 4) is 0 Å². The Kier molecular flexibility index (Phi) is 5.11. The minimum atomic E-state index is 0.993. The normalized spacial score (nSPS) is 34.3. The molecule has 1 N–H and O–H groups in total. The van der Waals surface area contributed by atoms with Crippen LogP contribution in [-0.4, -0.2) is 37.6 Å². The Balaban J connectivity index is 1.70. The van der Waals surface area contributed by atoms with Gasteiger partial charge in [0.1, 0.15) is 0 Å². The minimum Gasteiger partial charge on any atom is -0.317 e. The number of rotatable bonds is 2. The highest BCUT2D eigenvalue weighted by Crippen LogP contribution is 2.28. The summed E-state index contributed by atoms with van der Waals surface area (Å²) < 4.78 is 0. The zero-order valence-electron chi connectivity index (χ0n) is 10.9. The van der Waals surface area contributed by atoms with E-state index in [2.05, 4.69) is 17.1 Å². The van der Waals surface area contributed by atoms with E-state index >= 15 is 0 Å². The van der Waals surface area contributed by atoms with E-state index in [-0.39, 0.29) is 0 Å². The molecule has 0 spiro atoms. The van der Waals surface area contributed by atoms with Crippen LogP contribution in [0.15, 0.2) is 0 Å². The van der Waals surface area contributed by atoms with Crippen LogP contribution in [0.2, 0.25) is 0 Å². The van der Waals surface area contributed by atoms with Gasteiger partial charge in [-0.2, -0.15) is 0 Å². The molecule has 1 saturated heterocycles. The first kappa shape index (κ1) is 12.4. The third-order valence-electron chi connectivity index (χ3n) is 4.31. The van der Waals surface area contributed by atoms with Crippen LogP contribution in [0.4, 0.5) is 0 Å². The lowest BCUT2D eigenvalue weighted by molar-refractivity contribution is 0.176. The van der Waals surface area contributed by atoms with Gasteiger partial charge in [-0.15, -0.1) is 0 Å². The molecular weight excluding hydrogens is 196 g/mol. The van der Waals surface area contributed by atoms with Crippen molar-refractivity contribution >= 4 is 0 Å². The first-order chi connectivity index (χ1) is 7.84. The molecule has 2 rings (SSSR count). The van der Waals surface area contributed by atoms with E-state index in [1.165, 1.54) is 71.2 Å². The van der Waals surface area contributed by atoms with Gasteiger partial charge >= 0.3 is 0 Å². The van der Waals surface area contributed by atoms with Crippen LogP contribution >= 0.6 is 0 Å². The maximum absolute atomic E-state index is 3.49. The first-order valence-electron chi connectivity index (χ1n) is 7.27. The Hall–Kier alpha value is -0.0800. The summed E-state index contributed by atoms with van der Waals surface area (Å²) in [7, 11) is 0. The lowest BCUT2D eigenvalue weighted by Crippen LogP contribution is -2.37. The Morgan fingerprint density at radius 1 is 1.00 bits per heavy atom. The molecule has 0 aromatic heterocycles. The predicted molar refractivity (Wildman–Crippen MR) is 69.7 cm³/mol. The van der Waals surface area contributed by atoms with Gasteiger partial charge in [-0.3, -0.25) is 0 Å². The first-order valence-corrected chi connectivity index (χ1v) is 7.27. The topological polar surface area (TPSA) is 15.3 Å². The molecule has 1 aliphatic carbocycles. The quantitative estimate of drug-likeness (QED) is 0.775. The van der Waals surface area contributed by atoms with Crippen molar-refractivity contribution in [3.05, 3.63) is 0 Å². The van der Waals surface area contributed by atoms with E-state index in [0.29, 0.717) is 0 Å². The maximum atomic E-state index is 3.49. The Morgan fingerprint density at radius 3 is 2.25 bits per heavy atom. The molecule has 2 fully saturated rings. The number of hydrogen-bond acceptors (Lipinski definition) is 2. The summed E-state index contributed by atoms with van der Waals surface area (Å²) in [5.41, 5.74) is 0. The fraction of sp³-hybridized carbons (Fsp3) is 1.00. The second-order valence-electron chi connectivity index (χ2n) is 5.88. The lowest BCUT2D eigenvalue weighted by atomic mass is 9.83. The Labute approximate surface area is 101 Å². The van der Waals surface area contributed by atoms with Gasteiger partial charge in [-0.05, 0) is 63.7 Å². The largest absolute Gasteiger partial charge is 0.317 e. The van der Waals surface area contributed by atoms with Crippen molar-refractivity contribution in [1.82, 2.24) is 10.2 Å². The maximum Gasteiger partial charge on any atom is 0.000968 e. The second kappa shape index (κ2) is 6.61. The Bertz CT molecular complexity index is 177. The summed E-state index contributed by atoms with van der Waals surface area (Å²) in [5, 5.41) is 3.49. The molecule has 94 valence electrons. The van der Waals surface area contributed by atoms with Gasteiger partial charge in [-0.25, -0.2) is 0 Å². The van der Waals surface area contributed by atoms with Crippen molar-refractivity contribution in [2.75, 3.05) is 32.7 Å². The van der Waals surface area contributed by atoms with E-state index in [1.807, 2.05) is 0 Å². The van der Waals surface area contributed by atoms with E-state index in [9.17, 15) is 0 Å². The molecule has 1 aliphatic heterocycles. The summed E-state index contributed by atoms with van der Waals surface area (Å²) in [4.78, 5) is 2.72. The van der Waals surface area contributed by atoms with Crippen molar-refractivity contribution in [3.63, 3.8) is 0 Å². The van der Waals surface area contributed by atoms with Crippen LogP contribution in [0.1, 0.15) is 45.4 Å². The summed E-state index contributed by atoms with van der Waals surface area (Å²) in [5.74, 6) is 2.00. The molecule has 0 atom stereocenters. The average Bonchev–Trinajstić information content (AvgIpc) is 2.25. The third kappa shape index (κ3) is 4.06. The molecule has 0 aromatic rings. The number of nitrogens with one attached hydrogen (secondary N) is 1. The standard InChI is InChI=1S/C14H28N2/c1-13-4-6-14(7-5-13)12-16-10-2-8-15-9-3-11-16/h13-15H,2-12H2,1H3. The van der Waals surface area contributed by atoms with Gasteiger partial charge < -0.3 is 10.2 Å². The molecule has 2 aliphatic rings. The van der Waals surface area contributed by atoms with Crippen molar-refractivity contribution in [2.45, 2.75) is 45.4 Å². The molecular formula is C14H28N2. The molecule has 0 aromatic carbocycles. The van der Waals surface area contributed by atoms with E-state index in [4.69, 9.17) is 0 Å². The van der Waals surface area contributed by atoms with Gasteiger partial charge in [0, 0.05) is 6.54 Å². The van der Waals surface area contributed by atoms with Gasteiger partial charge in [0.15, 0.2) is 0 Å². The van der Waals surface area contributed by atoms with E-state index < -0.39 is 0 Å². The number of hydrogen-bond donors (Lipinski definition) is 1. The van der Waals surface area contributed by atoms with Crippen LogP contribution in [0.25, 0.3) is 0 Å². The van der Waals surface area contributed by atoms with Gasteiger partial charge in [-0.1, -0.05) is 19.8 Å². The van der Waals surface area contributed by atoms with Crippen molar-refractivity contribution in [1.29, 1.82) is 0 Å². The van der Waals surface area contributed by atoms with Crippen LogP contribution in [0.3, 0.4) is 0 Å². The molecule has 0 unspecified atom stereocenters. The molecule has 2 nitrogen and oxygen atoms in total. The van der Waals surface area contributed by atoms with Crippen LogP contribution in [0, 0.1) is 11.8 Å². The molecule has 1 heterocycles. The predicted octanol–water partition coefficient (Wildman–Crippen LogP) is 2.50. The lowest BCUT2D eigenvalue weighted by Gasteiger charge is -2.32. The highest BCUT2D eigenvalue weighted by atomic mass is 15.1. The van der Waals surface area contributed by atoms with Gasteiger partial charge in [0.05, 0.1) is 0 Å². The molecule has 0 bridgehead atoms. The SMILES string of the molecule is CC1CCC(CN2CCCNCCC2)CC1. The van der Waals surface area contributed by atoms with Crippen molar-refractivity contribution in [2.24, 2.45) is 11.8 Å². The number of nitrogens with zero attached hydrogens (tertiary/aromatic N) is 1. The van der Waals surface area contributed by atoms with Crippen molar-refractivity contribution < 1.29 is 0 Å². The zero-order valence-corrected chi connectivity index (χ0v) is 10.9. The second-order valence-corrected chi connectivity index (χ2v) is 5.88. The molecule has 0 radical (unpaired) electrons. The third-order valence-corrected chi connectivity index (χ3v) is 4.31. The van der Waals surface area contributed by atoms with Crippen LogP contribution < -0.4 is 5.32 Å². The fourth-order valence-corrected chi connectivity index (χ4v) is 3.15. The highest BCUT2D eigenvalue weighted by molar-refractivity contribution is 4.74.